The van der Waals surface area contributed by atoms with Crippen LogP contribution in [0.4, 0.5) is 0 Å². The maximum absolute atomic E-state index is 5.75. The number of hydrogen-bond acceptors (Lipinski definition) is 4. The van der Waals surface area contributed by atoms with Gasteiger partial charge in [0.1, 0.15) is 5.82 Å². The second-order valence-corrected chi connectivity index (χ2v) is 4.36. The van der Waals surface area contributed by atoms with Crippen LogP contribution >= 0.6 is 0 Å². The summed E-state index contributed by atoms with van der Waals surface area (Å²) in [4.78, 5) is 9.26. The van der Waals surface area contributed by atoms with Crippen molar-refractivity contribution in [2.75, 3.05) is 6.54 Å². The monoisotopic (exact) mass is 204 g/mol. The van der Waals surface area contributed by atoms with Gasteiger partial charge in [0.2, 0.25) is 0 Å². The lowest BCUT2D eigenvalue weighted by Crippen LogP contribution is -2.27. The molecule has 0 amide bonds. The Morgan fingerprint density at radius 2 is 2.20 bits per heavy atom. The Bertz CT molecular complexity index is 367. The van der Waals surface area contributed by atoms with E-state index < -0.39 is 0 Å². The van der Waals surface area contributed by atoms with Crippen LogP contribution in [0.3, 0.4) is 0 Å². The lowest BCUT2D eigenvalue weighted by molar-refractivity contribution is 0.607. The molecule has 3 rings (SSSR count). The number of rotatable bonds is 2. The molecule has 0 aromatic carbocycles. The lowest BCUT2D eigenvalue weighted by atomic mass is 10.0. The Hall–Kier alpha value is -1.00. The highest BCUT2D eigenvalue weighted by molar-refractivity contribution is 5.29. The highest BCUT2D eigenvalue weighted by Crippen LogP contribution is 2.38. The summed E-state index contributed by atoms with van der Waals surface area (Å²) in [6, 6.07) is 0. The van der Waals surface area contributed by atoms with Gasteiger partial charge in [-0.3, -0.25) is 0 Å². The Labute approximate surface area is 89.3 Å². The highest BCUT2D eigenvalue weighted by Gasteiger charge is 2.28. The summed E-state index contributed by atoms with van der Waals surface area (Å²) in [5.41, 5.74) is 9.30. The van der Waals surface area contributed by atoms with Gasteiger partial charge in [-0.25, -0.2) is 9.97 Å². The normalized spacial score (nSPS) is 20.1. The SMILES string of the molecule is NCc1nc(C2CC2)nc2c1CCNC2. The fourth-order valence-electron chi connectivity index (χ4n) is 2.15. The number of aromatic nitrogens is 2. The molecule has 1 aromatic heterocycles. The molecule has 1 aliphatic carbocycles. The fraction of sp³-hybridized carbons (Fsp3) is 0.636. The van der Waals surface area contributed by atoms with E-state index in [1.54, 1.807) is 0 Å². The van der Waals surface area contributed by atoms with Crippen molar-refractivity contribution in [1.82, 2.24) is 15.3 Å². The van der Waals surface area contributed by atoms with Crippen molar-refractivity contribution >= 4 is 0 Å². The lowest BCUT2D eigenvalue weighted by Gasteiger charge is -2.19. The molecule has 0 atom stereocenters. The van der Waals surface area contributed by atoms with Crippen molar-refractivity contribution in [2.24, 2.45) is 5.73 Å². The summed E-state index contributed by atoms with van der Waals surface area (Å²) in [7, 11) is 0. The van der Waals surface area contributed by atoms with E-state index in [2.05, 4.69) is 15.3 Å². The van der Waals surface area contributed by atoms with E-state index in [4.69, 9.17) is 5.73 Å². The van der Waals surface area contributed by atoms with Crippen LogP contribution in [0.1, 0.15) is 41.5 Å². The zero-order chi connectivity index (χ0) is 10.3. The molecule has 2 heterocycles. The smallest absolute Gasteiger partial charge is 0.132 e. The molecule has 1 aliphatic heterocycles. The number of nitrogens with one attached hydrogen (secondary N) is 1. The van der Waals surface area contributed by atoms with Crippen molar-refractivity contribution in [3.63, 3.8) is 0 Å². The standard InChI is InChI=1S/C11H16N4/c12-5-9-8-3-4-13-6-10(8)15-11(14-9)7-1-2-7/h7,13H,1-6,12H2. The molecular formula is C11H16N4. The van der Waals surface area contributed by atoms with E-state index in [-0.39, 0.29) is 0 Å². The summed E-state index contributed by atoms with van der Waals surface area (Å²) in [6.45, 7) is 2.45. The van der Waals surface area contributed by atoms with Crippen molar-refractivity contribution in [1.29, 1.82) is 0 Å². The third-order valence-corrected chi connectivity index (χ3v) is 3.18. The first kappa shape index (κ1) is 9.24. The van der Waals surface area contributed by atoms with Crippen molar-refractivity contribution in [3.05, 3.63) is 22.8 Å². The third kappa shape index (κ3) is 1.64. The Morgan fingerprint density at radius 3 is 2.93 bits per heavy atom. The fourth-order valence-corrected chi connectivity index (χ4v) is 2.15. The van der Waals surface area contributed by atoms with E-state index in [0.29, 0.717) is 12.5 Å². The molecule has 3 N–H and O–H groups in total. The van der Waals surface area contributed by atoms with Gasteiger partial charge in [0.05, 0.1) is 11.4 Å². The number of fused-ring (bicyclic) bond motifs is 1. The number of hydrogen-bond donors (Lipinski definition) is 2. The second kappa shape index (κ2) is 3.54. The van der Waals surface area contributed by atoms with Crippen molar-refractivity contribution in [2.45, 2.75) is 38.3 Å². The average Bonchev–Trinajstić information content (AvgIpc) is 3.11. The van der Waals surface area contributed by atoms with Crippen LogP contribution in [-0.4, -0.2) is 16.5 Å². The molecular weight excluding hydrogens is 188 g/mol. The molecule has 0 saturated heterocycles. The summed E-state index contributed by atoms with van der Waals surface area (Å²) in [5, 5.41) is 3.35. The summed E-state index contributed by atoms with van der Waals surface area (Å²) < 4.78 is 0. The van der Waals surface area contributed by atoms with E-state index in [1.165, 1.54) is 24.1 Å². The molecule has 1 aromatic rings. The molecule has 0 bridgehead atoms. The molecule has 80 valence electrons. The largest absolute Gasteiger partial charge is 0.325 e. The van der Waals surface area contributed by atoms with Gasteiger partial charge >= 0.3 is 0 Å². The topological polar surface area (TPSA) is 63.8 Å². The van der Waals surface area contributed by atoms with E-state index in [0.717, 1.165) is 31.0 Å². The van der Waals surface area contributed by atoms with Gasteiger partial charge in [-0.05, 0) is 31.4 Å². The van der Waals surface area contributed by atoms with Crippen LogP contribution < -0.4 is 11.1 Å². The number of nitrogens with two attached hydrogens (primary N) is 1. The highest BCUT2D eigenvalue weighted by atomic mass is 15.0. The van der Waals surface area contributed by atoms with Gasteiger partial charge in [0, 0.05) is 19.0 Å². The molecule has 1 saturated carbocycles. The van der Waals surface area contributed by atoms with E-state index in [1.807, 2.05) is 0 Å². The minimum atomic E-state index is 0.546. The maximum atomic E-state index is 5.75. The molecule has 15 heavy (non-hydrogen) atoms. The van der Waals surface area contributed by atoms with Crippen LogP contribution in [0.5, 0.6) is 0 Å². The van der Waals surface area contributed by atoms with Crippen LogP contribution in [0.15, 0.2) is 0 Å². The summed E-state index contributed by atoms with van der Waals surface area (Å²) in [6.07, 6.45) is 3.51. The van der Waals surface area contributed by atoms with Gasteiger partial charge in [0.25, 0.3) is 0 Å². The van der Waals surface area contributed by atoms with Crippen LogP contribution in [-0.2, 0) is 19.5 Å². The predicted molar refractivity (Wildman–Crippen MR) is 57.3 cm³/mol. The second-order valence-electron chi connectivity index (χ2n) is 4.36. The summed E-state index contributed by atoms with van der Waals surface area (Å²) in [5.74, 6) is 1.64. The first-order valence-corrected chi connectivity index (χ1v) is 5.68. The van der Waals surface area contributed by atoms with Crippen LogP contribution in [0.2, 0.25) is 0 Å². The average molecular weight is 204 g/mol. The van der Waals surface area contributed by atoms with Crippen molar-refractivity contribution < 1.29 is 0 Å². The van der Waals surface area contributed by atoms with E-state index in [9.17, 15) is 0 Å². The van der Waals surface area contributed by atoms with Gasteiger partial charge in [-0.2, -0.15) is 0 Å². The van der Waals surface area contributed by atoms with Gasteiger partial charge in [-0.15, -0.1) is 0 Å². The first-order chi connectivity index (χ1) is 7.38. The van der Waals surface area contributed by atoms with Crippen LogP contribution in [0, 0.1) is 0 Å². The zero-order valence-electron chi connectivity index (χ0n) is 8.79. The molecule has 1 fully saturated rings. The summed E-state index contributed by atoms with van der Waals surface area (Å²) >= 11 is 0. The predicted octanol–water partition coefficient (Wildman–Crippen LogP) is 0.458. The minimum absolute atomic E-state index is 0.546. The Balaban J connectivity index is 2.06. The van der Waals surface area contributed by atoms with Crippen LogP contribution in [0.25, 0.3) is 0 Å². The quantitative estimate of drug-likeness (QED) is 0.734. The Kier molecular flexibility index (Phi) is 2.18. The molecule has 0 radical (unpaired) electrons. The maximum Gasteiger partial charge on any atom is 0.132 e. The third-order valence-electron chi connectivity index (χ3n) is 3.18. The Morgan fingerprint density at radius 1 is 1.33 bits per heavy atom. The molecule has 0 spiro atoms. The van der Waals surface area contributed by atoms with Gasteiger partial charge in [0.15, 0.2) is 0 Å². The molecule has 4 heteroatoms. The number of nitrogens with zero attached hydrogens (tertiary/aromatic N) is 2. The molecule has 2 aliphatic rings. The minimum Gasteiger partial charge on any atom is -0.325 e. The molecule has 4 nitrogen and oxygen atoms in total. The van der Waals surface area contributed by atoms with Crippen molar-refractivity contribution in [3.8, 4) is 0 Å². The van der Waals surface area contributed by atoms with Gasteiger partial charge < -0.3 is 11.1 Å². The zero-order valence-corrected chi connectivity index (χ0v) is 8.79. The molecule has 0 unspecified atom stereocenters. The van der Waals surface area contributed by atoms with E-state index >= 15 is 0 Å². The van der Waals surface area contributed by atoms with Gasteiger partial charge in [-0.1, -0.05) is 0 Å². The first-order valence-electron chi connectivity index (χ1n) is 5.68.